The minimum Gasteiger partial charge on any atom is -0.326 e. The van der Waals surface area contributed by atoms with Gasteiger partial charge in [0.15, 0.2) is 0 Å². The van der Waals surface area contributed by atoms with Crippen LogP contribution in [0.15, 0.2) is 53.0 Å². The van der Waals surface area contributed by atoms with Gasteiger partial charge in [-0.2, -0.15) is 0 Å². The Kier molecular flexibility index (Phi) is 8.13. The maximum Gasteiger partial charge on any atom is 0.233 e. The van der Waals surface area contributed by atoms with Gasteiger partial charge in [0.1, 0.15) is 0 Å². The van der Waals surface area contributed by atoms with Crippen LogP contribution < -0.4 is 5.32 Å². The maximum atomic E-state index is 13.2. The molecule has 0 spiro atoms. The number of likely N-dealkylation sites (N-methyl/N-ethyl adjacent to an activating group) is 1. The van der Waals surface area contributed by atoms with Gasteiger partial charge in [-0.3, -0.25) is 9.69 Å². The average Bonchev–Trinajstić information content (AvgIpc) is 3.18. The van der Waals surface area contributed by atoms with E-state index in [0.29, 0.717) is 11.1 Å². The standard InChI is InChI=1S/C23H29BrClN3O/c1-3-28(4-2)21-13-14-27(15-21)16-22(17-5-7-18(24)8-6-17)23(29)26-20-11-9-19(25)10-12-20/h5-12,21-22H,3-4,13-16H2,1-2H3,(H,26,29). The number of amides is 1. The minimum absolute atomic E-state index is 0.0148. The third-order valence-corrected chi connectivity index (χ3v) is 6.50. The molecule has 0 radical (unpaired) electrons. The molecule has 0 bridgehead atoms. The molecular weight excluding hydrogens is 450 g/mol. The van der Waals surface area contributed by atoms with Crippen LogP contribution in [-0.4, -0.2) is 54.5 Å². The molecule has 0 aromatic heterocycles. The van der Waals surface area contributed by atoms with Crippen molar-refractivity contribution in [3.8, 4) is 0 Å². The van der Waals surface area contributed by atoms with Gasteiger partial charge in [-0.25, -0.2) is 0 Å². The molecule has 0 saturated carbocycles. The summed E-state index contributed by atoms with van der Waals surface area (Å²) in [6.07, 6.45) is 1.16. The Morgan fingerprint density at radius 3 is 2.45 bits per heavy atom. The summed E-state index contributed by atoms with van der Waals surface area (Å²) in [6, 6.07) is 15.9. The van der Waals surface area contributed by atoms with Crippen LogP contribution in [0.2, 0.25) is 5.02 Å². The van der Waals surface area contributed by atoms with Crippen LogP contribution in [0.25, 0.3) is 0 Å². The van der Waals surface area contributed by atoms with E-state index in [4.69, 9.17) is 11.6 Å². The second-order valence-electron chi connectivity index (χ2n) is 7.52. The average molecular weight is 479 g/mol. The smallest absolute Gasteiger partial charge is 0.233 e. The Morgan fingerprint density at radius 1 is 1.17 bits per heavy atom. The SMILES string of the molecule is CCN(CC)C1CCN(CC(C(=O)Nc2ccc(Cl)cc2)c2ccc(Br)cc2)C1. The van der Waals surface area contributed by atoms with E-state index < -0.39 is 0 Å². The molecule has 29 heavy (non-hydrogen) atoms. The molecule has 1 saturated heterocycles. The first-order valence-electron chi connectivity index (χ1n) is 10.3. The van der Waals surface area contributed by atoms with Gasteiger partial charge in [0.05, 0.1) is 5.92 Å². The number of nitrogens with zero attached hydrogens (tertiary/aromatic N) is 2. The molecule has 0 aliphatic carbocycles. The van der Waals surface area contributed by atoms with Crippen molar-refractivity contribution in [1.82, 2.24) is 9.80 Å². The first kappa shape index (κ1) is 22.3. The first-order chi connectivity index (χ1) is 14.0. The molecule has 2 unspecified atom stereocenters. The monoisotopic (exact) mass is 477 g/mol. The topological polar surface area (TPSA) is 35.6 Å². The Morgan fingerprint density at radius 2 is 1.83 bits per heavy atom. The Labute approximate surface area is 187 Å². The second kappa shape index (κ2) is 10.6. The number of likely N-dealkylation sites (tertiary alicyclic amines) is 1. The van der Waals surface area contributed by atoms with Gasteiger partial charge >= 0.3 is 0 Å². The van der Waals surface area contributed by atoms with Gasteiger partial charge in [-0.1, -0.05) is 53.5 Å². The summed E-state index contributed by atoms with van der Waals surface area (Å²) in [5, 5.41) is 3.73. The highest BCUT2D eigenvalue weighted by Gasteiger charge is 2.30. The molecule has 1 heterocycles. The van der Waals surface area contributed by atoms with Crippen LogP contribution in [0.1, 0.15) is 31.7 Å². The van der Waals surface area contributed by atoms with Crippen LogP contribution in [0.5, 0.6) is 0 Å². The van der Waals surface area contributed by atoms with Crippen molar-refractivity contribution >= 4 is 39.1 Å². The zero-order valence-corrected chi connectivity index (χ0v) is 19.4. The van der Waals surface area contributed by atoms with E-state index in [1.807, 2.05) is 36.4 Å². The fourth-order valence-corrected chi connectivity index (χ4v) is 4.46. The van der Waals surface area contributed by atoms with Gasteiger partial charge in [-0.15, -0.1) is 0 Å². The van der Waals surface area contributed by atoms with Crippen molar-refractivity contribution in [1.29, 1.82) is 0 Å². The van der Waals surface area contributed by atoms with E-state index in [1.54, 1.807) is 12.1 Å². The number of halogens is 2. The van der Waals surface area contributed by atoms with Gasteiger partial charge in [0, 0.05) is 34.3 Å². The summed E-state index contributed by atoms with van der Waals surface area (Å²) in [5.41, 5.74) is 1.80. The lowest BCUT2D eigenvalue weighted by molar-refractivity contribution is -0.118. The van der Waals surface area contributed by atoms with Crippen molar-refractivity contribution in [3.63, 3.8) is 0 Å². The van der Waals surface area contributed by atoms with E-state index in [1.165, 1.54) is 0 Å². The number of carbonyl (C=O) groups is 1. The number of rotatable bonds is 8. The molecule has 1 aliphatic heterocycles. The minimum atomic E-state index is -0.228. The van der Waals surface area contributed by atoms with Crippen LogP contribution in [0, 0.1) is 0 Å². The summed E-state index contributed by atoms with van der Waals surface area (Å²) in [6.45, 7) is 9.35. The maximum absolute atomic E-state index is 13.2. The lowest BCUT2D eigenvalue weighted by Gasteiger charge is -2.27. The zero-order valence-electron chi connectivity index (χ0n) is 17.1. The molecular formula is C23H29BrClN3O. The fraction of sp³-hybridized carbons (Fsp3) is 0.435. The van der Waals surface area contributed by atoms with Crippen molar-refractivity contribution in [3.05, 3.63) is 63.6 Å². The third kappa shape index (κ3) is 6.05. The van der Waals surface area contributed by atoms with Gasteiger partial charge < -0.3 is 10.2 Å². The molecule has 2 aromatic rings. The Hall–Kier alpha value is -1.40. The molecule has 156 valence electrons. The lowest BCUT2D eigenvalue weighted by atomic mass is 9.97. The van der Waals surface area contributed by atoms with Crippen molar-refractivity contribution < 1.29 is 4.79 Å². The molecule has 1 amide bonds. The van der Waals surface area contributed by atoms with E-state index >= 15 is 0 Å². The Balaban J connectivity index is 1.74. The van der Waals surface area contributed by atoms with Crippen molar-refractivity contribution in [2.45, 2.75) is 32.2 Å². The summed E-state index contributed by atoms with van der Waals surface area (Å²) >= 11 is 9.46. The number of carbonyl (C=O) groups excluding carboxylic acids is 1. The molecule has 6 heteroatoms. The second-order valence-corrected chi connectivity index (χ2v) is 8.88. The highest BCUT2D eigenvalue weighted by molar-refractivity contribution is 9.10. The zero-order chi connectivity index (χ0) is 20.8. The highest BCUT2D eigenvalue weighted by atomic mass is 79.9. The first-order valence-corrected chi connectivity index (χ1v) is 11.5. The molecule has 1 fully saturated rings. The summed E-state index contributed by atoms with van der Waals surface area (Å²) in [4.78, 5) is 18.1. The van der Waals surface area contributed by atoms with E-state index in [9.17, 15) is 4.79 Å². The van der Waals surface area contributed by atoms with E-state index in [-0.39, 0.29) is 11.8 Å². The highest BCUT2D eigenvalue weighted by Crippen LogP contribution is 2.25. The largest absolute Gasteiger partial charge is 0.326 e. The van der Waals surface area contributed by atoms with E-state index in [0.717, 1.165) is 54.9 Å². The summed E-state index contributed by atoms with van der Waals surface area (Å²) in [7, 11) is 0. The van der Waals surface area contributed by atoms with Gasteiger partial charge in [-0.05, 0) is 68.0 Å². The molecule has 1 aliphatic rings. The van der Waals surface area contributed by atoms with Crippen LogP contribution in [0.4, 0.5) is 5.69 Å². The normalized spacial score (nSPS) is 18.2. The van der Waals surface area contributed by atoms with E-state index in [2.05, 4.69) is 44.9 Å². The number of hydrogen-bond donors (Lipinski definition) is 1. The molecule has 2 aromatic carbocycles. The molecule has 4 nitrogen and oxygen atoms in total. The van der Waals surface area contributed by atoms with Gasteiger partial charge in [0.25, 0.3) is 0 Å². The summed E-state index contributed by atoms with van der Waals surface area (Å²) in [5.74, 6) is -0.213. The predicted octanol–water partition coefficient (Wildman–Crippen LogP) is 5.24. The quantitative estimate of drug-likeness (QED) is 0.563. The molecule has 1 N–H and O–H groups in total. The molecule has 2 atom stereocenters. The molecule has 3 rings (SSSR count). The summed E-state index contributed by atoms with van der Waals surface area (Å²) < 4.78 is 1.01. The Bertz CT molecular complexity index is 793. The third-order valence-electron chi connectivity index (χ3n) is 5.72. The van der Waals surface area contributed by atoms with Crippen LogP contribution in [-0.2, 0) is 4.79 Å². The van der Waals surface area contributed by atoms with Gasteiger partial charge in [0.2, 0.25) is 5.91 Å². The van der Waals surface area contributed by atoms with Crippen LogP contribution in [0.3, 0.4) is 0 Å². The number of benzene rings is 2. The number of nitrogens with one attached hydrogen (secondary N) is 1. The van der Waals surface area contributed by atoms with Crippen molar-refractivity contribution in [2.24, 2.45) is 0 Å². The number of hydrogen-bond acceptors (Lipinski definition) is 3. The predicted molar refractivity (Wildman–Crippen MR) is 125 cm³/mol. The fourth-order valence-electron chi connectivity index (χ4n) is 4.07. The lowest BCUT2D eigenvalue weighted by Crippen LogP contribution is -2.39. The van der Waals surface area contributed by atoms with Crippen molar-refractivity contribution in [2.75, 3.05) is 38.0 Å². The number of anilines is 1. The van der Waals surface area contributed by atoms with Crippen LogP contribution >= 0.6 is 27.5 Å².